The molecule has 1 amide bonds. The molecule has 26 heavy (non-hydrogen) atoms. The number of nitrogens with one attached hydrogen (secondary N) is 1. The molecule has 2 aromatic rings. The van der Waals surface area contributed by atoms with Crippen molar-refractivity contribution in [2.24, 2.45) is 5.92 Å². The van der Waals surface area contributed by atoms with Crippen LogP contribution in [0.2, 0.25) is 0 Å². The summed E-state index contributed by atoms with van der Waals surface area (Å²) in [7, 11) is -3.40. The maximum absolute atomic E-state index is 14.0. The fraction of sp³-hybridized carbons (Fsp3) is 0.278. The number of carbonyl (C=O) groups excluding carboxylic acids is 1. The summed E-state index contributed by atoms with van der Waals surface area (Å²) in [6, 6.07) is 6.16. The molecule has 0 heterocycles. The molecule has 4 nitrogen and oxygen atoms in total. The zero-order chi connectivity index (χ0) is 19.5. The van der Waals surface area contributed by atoms with E-state index in [4.69, 9.17) is 0 Å². The second-order valence-electron chi connectivity index (χ2n) is 6.35. The molecule has 0 saturated heterocycles. The number of anilines is 1. The van der Waals surface area contributed by atoms with Crippen LogP contribution in [0.5, 0.6) is 0 Å². The van der Waals surface area contributed by atoms with E-state index >= 15 is 0 Å². The Bertz CT molecular complexity index is 927. The molecule has 0 aliphatic heterocycles. The summed E-state index contributed by atoms with van der Waals surface area (Å²) < 4.78 is 64.2. The average molecular weight is 385 g/mol. The fourth-order valence-electron chi connectivity index (χ4n) is 2.43. The molecule has 0 spiro atoms. The van der Waals surface area contributed by atoms with E-state index in [0.717, 1.165) is 30.3 Å². The molecule has 0 radical (unpaired) electrons. The van der Waals surface area contributed by atoms with Gasteiger partial charge >= 0.3 is 0 Å². The first-order valence-electron chi connectivity index (χ1n) is 7.82. The Labute approximate surface area is 150 Å². The second kappa shape index (κ2) is 7.90. The van der Waals surface area contributed by atoms with E-state index in [9.17, 15) is 26.4 Å². The van der Waals surface area contributed by atoms with Gasteiger partial charge in [-0.3, -0.25) is 4.79 Å². The number of hydrogen-bond acceptors (Lipinski definition) is 3. The molecule has 0 aliphatic rings. The predicted molar refractivity (Wildman–Crippen MR) is 93.0 cm³/mol. The van der Waals surface area contributed by atoms with Gasteiger partial charge in [0.25, 0.3) is 5.91 Å². The second-order valence-corrected chi connectivity index (χ2v) is 8.45. The molecule has 2 rings (SSSR count). The summed E-state index contributed by atoms with van der Waals surface area (Å²) in [5.41, 5.74) is -0.166. The summed E-state index contributed by atoms with van der Waals surface area (Å²) >= 11 is 0. The van der Waals surface area contributed by atoms with E-state index in [1.807, 2.05) is 0 Å². The SMILES string of the molecule is CC(C)CS(=O)(=O)Cc1ccc(F)c(C(=O)Nc2ccc(F)c(F)c2)c1. The summed E-state index contributed by atoms with van der Waals surface area (Å²) in [5.74, 6) is -4.39. The third-order valence-electron chi connectivity index (χ3n) is 3.43. The molecular formula is C18H18F3NO3S. The van der Waals surface area contributed by atoms with Crippen LogP contribution in [-0.4, -0.2) is 20.1 Å². The molecule has 0 fully saturated rings. The van der Waals surface area contributed by atoms with E-state index in [0.29, 0.717) is 0 Å². The van der Waals surface area contributed by atoms with Crippen molar-refractivity contribution in [1.29, 1.82) is 0 Å². The molecule has 0 atom stereocenters. The standard InChI is InChI=1S/C18H18F3NO3S/c1-11(2)9-26(24,25)10-12-3-5-15(19)14(7-12)18(23)22-13-4-6-16(20)17(21)8-13/h3-8,11H,9-10H2,1-2H3,(H,22,23). The predicted octanol–water partition coefficient (Wildman–Crippen LogP) is 3.93. The number of benzene rings is 2. The van der Waals surface area contributed by atoms with E-state index in [1.54, 1.807) is 13.8 Å². The Balaban J connectivity index is 2.23. The molecule has 2 aromatic carbocycles. The molecule has 0 aromatic heterocycles. The lowest BCUT2D eigenvalue weighted by Crippen LogP contribution is -2.16. The Kier molecular flexibility index (Phi) is 6.07. The first-order chi connectivity index (χ1) is 12.1. The number of carbonyl (C=O) groups is 1. The van der Waals surface area contributed by atoms with Crippen LogP contribution >= 0.6 is 0 Å². The van der Waals surface area contributed by atoms with Crippen LogP contribution in [0.1, 0.15) is 29.8 Å². The van der Waals surface area contributed by atoms with Crippen molar-refractivity contribution in [2.75, 3.05) is 11.1 Å². The third kappa shape index (κ3) is 5.32. The van der Waals surface area contributed by atoms with Crippen LogP contribution < -0.4 is 5.32 Å². The highest BCUT2D eigenvalue weighted by Gasteiger charge is 2.18. The summed E-state index contributed by atoms with van der Waals surface area (Å²) in [4.78, 5) is 12.2. The minimum Gasteiger partial charge on any atom is -0.322 e. The fourth-order valence-corrected chi connectivity index (χ4v) is 4.25. The van der Waals surface area contributed by atoms with Crippen LogP contribution in [0.4, 0.5) is 18.9 Å². The van der Waals surface area contributed by atoms with E-state index in [1.165, 1.54) is 6.07 Å². The molecule has 8 heteroatoms. The maximum atomic E-state index is 14.0. The van der Waals surface area contributed by atoms with E-state index in [2.05, 4.69) is 5.32 Å². The largest absolute Gasteiger partial charge is 0.322 e. The van der Waals surface area contributed by atoms with E-state index in [-0.39, 0.29) is 34.2 Å². The van der Waals surface area contributed by atoms with Crippen molar-refractivity contribution < 1.29 is 26.4 Å². The lowest BCUT2D eigenvalue weighted by Gasteiger charge is -2.10. The van der Waals surface area contributed by atoms with Gasteiger partial charge in [0, 0.05) is 11.8 Å². The lowest BCUT2D eigenvalue weighted by atomic mass is 10.1. The third-order valence-corrected chi connectivity index (χ3v) is 5.37. The zero-order valence-corrected chi connectivity index (χ0v) is 15.0. The monoisotopic (exact) mass is 385 g/mol. The van der Waals surface area contributed by atoms with Crippen molar-refractivity contribution in [3.8, 4) is 0 Å². The minimum atomic E-state index is -3.40. The first kappa shape index (κ1) is 20.0. The Morgan fingerprint density at radius 3 is 2.27 bits per heavy atom. The molecule has 0 saturated carbocycles. The van der Waals surface area contributed by atoms with Gasteiger partial charge in [0.1, 0.15) is 5.82 Å². The molecule has 140 valence electrons. The number of hydrogen-bond donors (Lipinski definition) is 1. The highest BCUT2D eigenvalue weighted by Crippen LogP contribution is 2.18. The van der Waals surface area contributed by atoms with Crippen molar-refractivity contribution >= 4 is 21.4 Å². The van der Waals surface area contributed by atoms with Crippen LogP contribution in [0.15, 0.2) is 36.4 Å². The van der Waals surface area contributed by atoms with Crippen molar-refractivity contribution in [1.82, 2.24) is 0 Å². The molecule has 0 unspecified atom stereocenters. The minimum absolute atomic E-state index is 0.0270. The topological polar surface area (TPSA) is 63.2 Å². The normalized spacial score (nSPS) is 11.6. The number of amides is 1. The van der Waals surface area contributed by atoms with Gasteiger partial charge in [0.2, 0.25) is 0 Å². The van der Waals surface area contributed by atoms with Crippen molar-refractivity contribution in [3.63, 3.8) is 0 Å². The van der Waals surface area contributed by atoms with Gasteiger partial charge in [0.15, 0.2) is 21.5 Å². The van der Waals surface area contributed by atoms with Crippen LogP contribution in [0.3, 0.4) is 0 Å². The molecule has 0 aliphatic carbocycles. The number of sulfone groups is 1. The summed E-state index contributed by atoms with van der Waals surface area (Å²) in [5, 5.41) is 2.25. The van der Waals surface area contributed by atoms with Gasteiger partial charge in [0.05, 0.1) is 17.1 Å². The first-order valence-corrected chi connectivity index (χ1v) is 9.65. The van der Waals surface area contributed by atoms with Crippen molar-refractivity contribution in [2.45, 2.75) is 19.6 Å². The molecule has 0 bridgehead atoms. The zero-order valence-electron chi connectivity index (χ0n) is 14.2. The molecular weight excluding hydrogens is 367 g/mol. The Morgan fingerprint density at radius 1 is 1.00 bits per heavy atom. The Morgan fingerprint density at radius 2 is 1.65 bits per heavy atom. The van der Waals surface area contributed by atoms with Gasteiger partial charge in [-0.1, -0.05) is 19.9 Å². The number of halogens is 3. The van der Waals surface area contributed by atoms with E-state index < -0.39 is 33.2 Å². The highest BCUT2D eigenvalue weighted by atomic mass is 32.2. The number of rotatable bonds is 6. The summed E-state index contributed by atoms with van der Waals surface area (Å²) in [6.07, 6.45) is 0. The van der Waals surface area contributed by atoms with Crippen LogP contribution in [0.25, 0.3) is 0 Å². The van der Waals surface area contributed by atoms with Crippen LogP contribution in [-0.2, 0) is 15.6 Å². The van der Waals surface area contributed by atoms with Gasteiger partial charge < -0.3 is 5.32 Å². The quantitative estimate of drug-likeness (QED) is 0.820. The summed E-state index contributed by atoms with van der Waals surface area (Å²) in [6.45, 7) is 3.53. The highest BCUT2D eigenvalue weighted by molar-refractivity contribution is 7.90. The van der Waals surface area contributed by atoms with Crippen molar-refractivity contribution in [3.05, 3.63) is 65.0 Å². The van der Waals surface area contributed by atoms with Gasteiger partial charge in [-0.05, 0) is 35.7 Å². The Hall–Kier alpha value is -2.35. The maximum Gasteiger partial charge on any atom is 0.258 e. The van der Waals surface area contributed by atoms with Gasteiger partial charge in [-0.2, -0.15) is 0 Å². The van der Waals surface area contributed by atoms with Crippen LogP contribution in [0, 0.1) is 23.4 Å². The average Bonchev–Trinajstić information content (AvgIpc) is 2.51. The molecule has 1 N–H and O–H groups in total. The smallest absolute Gasteiger partial charge is 0.258 e. The van der Waals surface area contributed by atoms with Gasteiger partial charge in [-0.25, -0.2) is 21.6 Å². The lowest BCUT2D eigenvalue weighted by molar-refractivity contribution is 0.102. The van der Waals surface area contributed by atoms with Gasteiger partial charge in [-0.15, -0.1) is 0 Å².